The highest BCUT2D eigenvalue weighted by Gasteiger charge is 2.29. The molecule has 10 heteroatoms. The Morgan fingerprint density at radius 2 is 1.08 bits per heavy atom. The number of benzene rings is 2. The summed E-state index contributed by atoms with van der Waals surface area (Å²) in [4.78, 5) is 2.79. The van der Waals surface area contributed by atoms with Gasteiger partial charge < -0.3 is 4.90 Å². The van der Waals surface area contributed by atoms with E-state index < -0.39 is 20.0 Å². The molecule has 0 radical (unpaired) electrons. The summed E-state index contributed by atoms with van der Waals surface area (Å²) >= 11 is 0. The second-order valence-electron chi connectivity index (χ2n) is 10.5. The fraction of sp³-hybridized carbons (Fsp3) is 0.500. The number of sulfonamides is 2. The van der Waals surface area contributed by atoms with E-state index in [4.69, 9.17) is 0 Å². The normalized spacial score (nSPS) is 18.0. The highest BCUT2D eigenvalue weighted by molar-refractivity contribution is 7.89. The van der Waals surface area contributed by atoms with E-state index in [1.54, 1.807) is 48.5 Å². The Morgan fingerprint density at radius 1 is 0.711 bits per heavy atom. The molecule has 0 spiro atoms. The monoisotopic (exact) mass is 583 g/mol. The van der Waals surface area contributed by atoms with E-state index in [-0.39, 0.29) is 35.3 Å². The molecule has 1 saturated heterocycles. The maximum Gasteiger partial charge on any atom is 0.243 e. The van der Waals surface area contributed by atoms with Gasteiger partial charge in [-0.15, -0.1) is 12.4 Å². The molecule has 1 aliphatic heterocycles. The van der Waals surface area contributed by atoms with Crippen molar-refractivity contribution in [3.05, 3.63) is 71.8 Å². The van der Waals surface area contributed by atoms with Crippen LogP contribution in [0, 0.1) is 19.8 Å². The van der Waals surface area contributed by atoms with Gasteiger partial charge in [-0.3, -0.25) is 0 Å². The van der Waals surface area contributed by atoms with Gasteiger partial charge in [0, 0.05) is 32.7 Å². The van der Waals surface area contributed by atoms with Crippen molar-refractivity contribution in [1.82, 2.24) is 13.5 Å². The average Bonchev–Trinajstić information content (AvgIpc) is 2.82. The van der Waals surface area contributed by atoms with Gasteiger partial charge in [0.05, 0.1) is 9.79 Å². The summed E-state index contributed by atoms with van der Waals surface area (Å²) in [5.74, 6) is 0.451. The molecule has 0 aliphatic carbocycles. The lowest BCUT2D eigenvalue weighted by Crippen LogP contribution is -2.41. The van der Waals surface area contributed by atoms with Gasteiger partial charge in [0.2, 0.25) is 20.0 Å². The molecule has 0 atom stereocenters. The van der Waals surface area contributed by atoms with Crippen LogP contribution in [0.15, 0.2) is 70.5 Å². The molecular formula is C28H42ClN3O4S2. The molecule has 0 unspecified atom stereocenters. The lowest BCUT2D eigenvalue weighted by molar-refractivity contribution is 0.223. The van der Waals surface area contributed by atoms with Crippen LogP contribution in [-0.2, 0) is 20.0 Å². The van der Waals surface area contributed by atoms with Crippen molar-refractivity contribution in [2.75, 3.05) is 45.8 Å². The van der Waals surface area contributed by atoms with Crippen LogP contribution >= 0.6 is 12.4 Å². The predicted molar refractivity (Wildman–Crippen MR) is 157 cm³/mol. The van der Waals surface area contributed by atoms with Gasteiger partial charge >= 0.3 is 0 Å². The molecule has 2 aromatic carbocycles. The van der Waals surface area contributed by atoms with Crippen LogP contribution in [0.1, 0.15) is 37.8 Å². The molecule has 0 bridgehead atoms. The quantitative estimate of drug-likeness (QED) is 0.460. The molecule has 0 N–H and O–H groups in total. The van der Waals surface area contributed by atoms with Gasteiger partial charge in [0.25, 0.3) is 0 Å². The second kappa shape index (κ2) is 14.1. The molecule has 0 aromatic heterocycles. The standard InChI is InChI=1S/C28H41N3O4S2.ClH/c1-23(2)20-29-16-6-18-30(36(32,33)27-12-8-24(3)9-13-27)21-26(5)22-31(19-7-17-29)37(34,35)28-14-10-25(4)11-15-28;/h8-15,23H,5-7,16-22H2,1-4H3;1H. The fourth-order valence-electron chi connectivity index (χ4n) is 4.59. The number of halogens is 1. The third-order valence-corrected chi connectivity index (χ3v) is 10.2. The van der Waals surface area contributed by atoms with E-state index in [1.807, 2.05) is 13.8 Å². The van der Waals surface area contributed by atoms with Crippen molar-refractivity contribution in [1.29, 1.82) is 0 Å². The first-order valence-corrected chi connectivity index (χ1v) is 15.8. The number of rotatable bonds is 6. The molecule has 1 fully saturated rings. The molecule has 7 nitrogen and oxygen atoms in total. The highest BCUT2D eigenvalue weighted by atomic mass is 35.5. The molecule has 0 amide bonds. The Kier molecular flexibility index (Phi) is 12.0. The first-order valence-electron chi connectivity index (χ1n) is 12.9. The molecule has 3 rings (SSSR count). The van der Waals surface area contributed by atoms with E-state index in [0.29, 0.717) is 37.4 Å². The van der Waals surface area contributed by atoms with Crippen LogP contribution in [0.3, 0.4) is 0 Å². The molecule has 0 saturated carbocycles. The summed E-state index contributed by atoms with van der Waals surface area (Å²) in [6, 6.07) is 13.7. The van der Waals surface area contributed by atoms with Gasteiger partial charge in [-0.1, -0.05) is 55.8 Å². The van der Waals surface area contributed by atoms with Crippen LogP contribution in [0.2, 0.25) is 0 Å². The minimum absolute atomic E-state index is 0. The summed E-state index contributed by atoms with van der Waals surface area (Å²) < 4.78 is 57.3. The van der Waals surface area contributed by atoms with Crippen molar-refractivity contribution >= 4 is 32.5 Å². The smallest absolute Gasteiger partial charge is 0.243 e. The zero-order valence-electron chi connectivity index (χ0n) is 23.0. The zero-order chi connectivity index (χ0) is 27.2. The lowest BCUT2D eigenvalue weighted by atomic mass is 10.2. The third-order valence-electron chi connectivity index (χ3n) is 6.50. The summed E-state index contributed by atoms with van der Waals surface area (Å²) in [6.07, 6.45) is 1.38. The van der Waals surface area contributed by atoms with Gasteiger partial charge in [-0.05, 0) is 75.5 Å². The number of hydrogen-bond acceptors (Lipinski definition) is 5. The summed E-state index contributed by atoms with van der Waals surface area (Å²) in [5.41, 5.74) is 2.52. The van der Waals surface area contributed by atoms with Crippen molar-refractivity contribution in [3.63, 3.8) is 0 Å². The predicted octanol–water partition coefficient (Wildman–Crippen LogP) is 4.71. The Morgan fingerprint density at radius 3 is 1.42 bits per heavy atom. The Labute approximate surface area is 236 Å². The molecule has 1 aliphatic rings. The van der Waals surface area contributed by atoms with Crippen molar-refractivity contribution in [2.24, 2.45) is 5.92 Å². The zero-order valence-corrected chi connectivity index (χ0v) is 25.4. The Hall–Kier alpha value is -1.75. The molecule has 2 aromatic rings. The number of hydrogen-bond donors (Lipinski definition) is 0. The van der Waals surface area contributed by atoms with E-state index in [2.05, 4.69) is 25.3 Å². The van der Waals surface area contributed by atoms with E-state index in [0.717, 1.165) is 30.8 Å². The molecular weight excluding hydrogens is 542 g/mol. The lowest BCUT2D eigenvalue weighted by Gasteiger charge is -2.31. The average molecular weight is 584 g/mol. The molecule has 212 valence electrons. The first kappa shape index (κ1) is 32.5. The van der Waals surface area contributed by atoms with Gasteiger partial charge in [-0.25, -0.2) is 16.8 Å². The summed E-state index contributed by atoms with van der Waals surface area (Å²) in [6.45, 7) is 15.5. The third kappa shape index (κ3) is 8.63. The summed E-state index contributed by atoms with van der Waals surface area (Å²) in [7, 11) is -7.53. The maximum absolute atomic E-state index is 13.6. The van der Waals surface area contributed by atoms with Crippen LogP contribution in [-0.4, -0.2) is 76.2 Å². The van der Waals surface area contributed by atoms with Crippen LogP contribution in [0.4, 0.5) is 0 Å². The topological polar surface area (TPSA) is 78.0 Å². The van der Waals surface area contributed by atoms with Crippen molar-refractivity contribution in [2.45, 2.75) is 50.3 Å². The molecule has 1 heterocycles. The van der Waals surface area contributed by atoms with Crippen LogP contribution < -0.4 is 0 Å². The molecule has 38 heavy (non-hydrogen) atoms. The maximum atomic E-state index is 13.6. The fourth-order valence-corrected chi connectivity index (χ4v) is 7.59. The SMILES string of the molecule is C=C1CN(S(=O)(=O)c2ccc(C)cc2)CCCN(CC(C)C)CCCN(S(=O)(=O)c2ccc(C)cc2)C1.Cl. The van der Waals surface area contributed by atoms with Crippen LogP contribution in [0.5, 0.6) is 0 Å². The Balaban J connectivity index is 0.00000507. The van der Waals surface area contributed by atoms with E-state index >= 15 is 0 Å². The number of aryl methyl sites for hydroxylation is 2. The highest BCUT2D eigenvalue weighted by Crippen LogP contribution is 2.22. The van der Waals surface area contributed by atoms with Crippen molar-refractivity contribution in [3.8, 4) is 0 Å². The number of nitrogens with zero attached hydrogens (tertiary/aromatic N) is 3. The van der Waals surface area contributed by atoms with Crippen LogP contribution in [0.25, 0.3) is 0 Å². The summed E-state index contributed by atoms with van der Waals surface area (Å²) in [5, 5.41) is 0. The second-order valence-corrected chi connectivity index (χ2v) is 14.3. The minimum Gasteiger partial charge on any atom is -0.303 e. The van der Waals surface area contributed by atoms with Crippen molar-refractivity contribution < 1.29 is 16.8 Å². The van der Waals surface area contributed by atoms with Gasteiger partial charge in [0.15, 0.2) is 0 Å². The van der Waals surface area contributed by atoms with E-state index in [9.17, 15) is 16.8 Å². The Bertz CT molecular complexity index is 1170. The van der Waals surface area contributed by atoms with E-state index in [1.165, 1.54) is 8.61 Å². The largest absolute Gasteiger partial charge is 0.303 e. The van der Waals surface area contributed by atoms with Gasteiger partial charge in [0.1, 0.15) is 0 Å². The first-order chi connectivity index (χ1) is 17.4. The van der Waals surface area contributed by atoms with Gasteiger partial charge in [-0.2, -0.15) is 8.61 Å². The minimum atomic E-state index is -3.76.